The van der Waals surface area contributed by atoms with E-state index in [0.29, 0.717) is 29.3 Å². The molecule has 1 heterocycles. The van der Waals surface area contributed by atoms with Gasteiger partial charge in [-0.1, -0.05) is 43.3 Å². The first kappa shape index (κ1) is 25.1. The van der Waals surface area contributed by atoms with Gasteiger partial charge in [-0.3, -0.25) is 4.79 Å². The Morgan fingerprint density at radius 2 is 1.72 bits per heavy atom. The molecule has 7 heteroatoms. The third-order valence-corrected chi connectivity index (χ3v) is 6.40. The van der Waals surface area contributed by atoms with Crippen LogP contribution >= 0.6 is 0 Å². The maximum atomic E-state index is 13.3. The van der Waals surface area contributed by atoms with Crippen LogP contribution in [0.5, 0.6) is 5.75 Å². The van der Waals surface area contributed by atoms with Gasteiger partial charge in [-0.2, -0.15) is 0 Å². The number of carbonyl (C=O) groups excluding carboxylic acids is 2. The normalized spacial score (nSPS) is 13.4. The Hall–Kier alpha value is -4.00. The number of nitrogens with one attached hydrogen (secondary N) is 3. The highest BCUT2D eigenvalue weighted by Gasteiger charge is 2.22. The number of fused-ring (bicyclic) bond motifs is 1. The van der Waals surface area contributed by atoms with Crippen molar-refractivity contribution in [2.75, 3.05) is 28.7 Å². The van der Waals surface area contributed by atoms with E-state index in [1.54, 1.807) is 12.1 Å². The van der Waals surface area contributed by atoms with Crippen molar-refractivity contribution >= 4 is 29.0 Å². The molecule has 0 radical (unpaired) electrons. The zero-order chi connectivity index (χ0) is 25.5. The Balaban J connectivity index is 1.57. The molecule has 4 rings (SSSR count). The van der Waals surface area contributed by atoms with E-state index >= 15 is 0 Å². The van der Waals surface area contributed by atoms with E-state index in [-0.39, 0.29) is 11.9 Å². The fourth-order valence-electron chi connectivity index (χ4n) is 4.31. The first-order valence-electron chi connectivity index (χ1n) is 12.5. The lowest BCUT2D eigenvalue weighted by atomic mass is 9.98. The molecule has 0 spiro atoms. The zero-order valence-corrected chi connectivity index (χ0v) is 21.1. The summed E-state index contributed by atoms with van der Waals surface area (Å²) < 4.78 is 5.59. The minimum atomic E-state index is -0.407. The number of para-hydroxylation sites is 2. The number of urea groups is 1. The summed E-state index contributed by atoms with van der Waals surface area (Å²) in [5, 5.41) is 8.78. The minimum absolute atomic E-state index is 0.0439. The van der Waals surface area contributed by atoms with Gasteiger partial charge in [-0.15, -0.1) is 0 Å². The molecule has 3 aromatic rings. The Labute approximate surface area is 212 Å². The summed E-state index contributed by atoms with van der Waals surface area (Å²) >= 11 is 0. The number of benzene rings is 3. The molecule has 0 fully saturated rings. The van der Waals surface area contributed by atoms with Crippen molar-refractivity contribution in [3.05, 3.63) is 83.4 Å². The van der Waals surface area contributed by atoms with E-state index in [4.69, 9.17) is 4.74 Å². The molecule has 0 aromatic heterocycles. The van der Waals surface area contributed by atoms with Gasteiger partial charge in [0.05, 0.1) is 17.9 Å². The van der Waals surface area contributed by atoms with Crippen molar-refractivity contribution < 1.29 is 14.3 Å². The second-order valence-corrected chi connectivity index (χ2v) is 8.96. The van der Waals surface area contributed by atoms with Gasteiger partial charge in [0, 0.05) is 30.5 Å². The molecule has 1 atom stereocenters. The van der Waals surface area contributed by atoms with E-state index in [9.17, 15) is 9.59 Å². The van der Waals surface area contributed by atoms with Crippen LogP contribution in [0.3, 0.4) is 0 Å². The molecule has 1 unspecified atom stereocenters. The number of rotatable bonds is 8. The van der Waals surface area contributed by atoms with Crippen molar-refractivity contribution in [2.45, 2.75) is 46.2 Å². The molecule has 7 nitrogen and oxygen atoms in total. The average Bonchev–Trinajstić information content (AvgIpc) is 2.89. The molecule has 188 valence electrons. The van der Waals surface area contributed by atoms with Crippen molar-refractivity contribution in [1.29, 1.82) is 0 Å². The van der Waals surface area contributed by atoms with Crippen molar-refractivity contribution in [2.24, 2.45) is 0 Å². The van der Waals surface area contributed by atoms with Gasteiger partial charge in [0.25, 0.3) is 5.91 Å². The highest BCUT2D eigenvalue weighted by atomic mass is 16.5. The summed E-state index contributed by atoms with van der Waals surface area (Å²) in [6.45, 7) is 7.97. The molecule has 0 saturated heterocycles. The second kappa shape index (κ2) is 11.6. The summed E-state index contributed by atoms with van der Waals surface area (Å²) in [4.78, 5) is 28.3. The second-order valence-electron chi connectivity index (χ2n) is 8.96. The van der Waals surface area contributed by atoms with Crippen LogP contribution in [0.1, 0.15) is 48.7 Å². The van der Waals surface area contributed by atoms with E-state index in [1.807, 2.05) is 57.2 Å². The number of amides is 3. The Morgan fingerprint density at radius 1 is 0.972 bits per heavy atom. The van der Waals surface area contributed by atoms with Crippen LogP contribution in [0.4, 0.5) is 21.9 Å². The van der Waals surface area contributed by atoms with Crippen LogP contribution in [0.15, 0.2) is 66.7 Å². The molecular weight excluding hydrogens is 452 g/mol. The predicted molar refractivity (Wildman–Crippen MR) is 145 cm³/mol. The molecule has 1 aliphatic rings. The van der Waals surface area contributed by atoms with Crippen LogP contribution in [-0.4, -0.2) is 31.1 Å². The fourth-order valence-corrected chi connectivity index (χ4v) is 4.31. The minimum Gasteiger partial charge on any atom is -0.492 e. The van der Waals surface area contributed by atoms with Crippen LogP contribution < -0.4 is 25.6 Å². The highest BCUT2D eigenvalue weighted by Crippen LogP contribution is 2.30. The summed E-state index contributed by atoms with van der Waals surface area (Å²) in [6, 6.07) is 20.8. The Morgan fingerprint density at radius 3 is 2.50 bits per heavy atom. The van der Waals surface area contributed by atoms with Crippen molar-refractivity contribution in [1.82, 2.24) is 5.32 Å². The third-order valence-electron chi connectivity index (χ3n) is 6.40. The van der Waals surface area contributed by atoms with E-state index in [2.05, 4.69) is 39.0 Å². The predicted octanol–water partition coefficient (Wildman–Crippen LogP) is 5.82. The van der Waals surface area contributed by atoms with Gasteiger partial charge in [-0.05, 0) is 68.1 Å². The maximum absolute atomic E-state index is 13.3. The number of nitrogens with zero attached hydrogens (tertiary/aromatic N) is 1. The molecule has 3 amide bonds. The van der Waals surface area contributed by atoms with Crippen molar-refractivity contribution in [3.8, 4) is 5.75 Å². The lowest BCUT2D eigenvalue weighted by Crippen LogP contribution is -2.36. The number of hydrogen-bond acceptors (Lipinski definition) is 4. The van der Waals surface area contributed by atoms with Gasteiger partial charge in [0.1, 0.15) is 5.75 Å². The zero-order valence-electron chi connectivity index (χ0n) is 21.1. The number of anilines is 3. The summed E-state index contributed by atoms with van der Waals surface area (Å²) in [6.07, 6.45) is 1.75. The average molecular weight is 487 g/mol. The Bertz CT molecular complexity index is 1230. The van der Waals surface area contributed by atoms with E-state index < -0.39 is 6.03 Å². The molecule has 3 N–H and O–H groups in total. The third kappa shape index (κ3) is 5.97. The smallest absolute Gasteiger partial charge is 0.323 e. The quantitative estimate of drug-likeness (QED) is 0.375. The standard InChI is InChI=1S/C29H34N4O3/c1-4-20(3)30-28(34)24-18-23(31-29(35)32-25-12-8-9-13-27(25)36-5-2)14-15-26(24)33-17-16-21-10-6-7-11-22(21)19-33/h6-15,18,20H,4-5,16-17,19H2,1-3H3,(H,30,34)(H2,31,32,35). The molecule has 0 bridgehead atoms. The number of hydrogen-bond donors (Lipinski definition) is 3. The molecule has 0 aliphatic carbocycles. The largest absolute Gasteiger partial charge is 0.492 e. The SMILES string of the molecule is CCOc1ccccc1NC(=O)Nc1ccc(N2CCc3ccccc3C2)c(C(=O)NC(C)CC)c1. The summed E-state index contributed by atoms with van der Waals surface area (Å²) in [7, 11) is 0. The molecule has 0 saturated carbocycles. The van der Waals surface area contributed by atoms with Crippen molar-refractivity contribution in [3.63, 3.8) is 0 Å². The topological polar surface area (TPSA) is 82.7 Å². The first-order chi connectivity index (χ1) is 17.5. The lowest BCUT2D eigenvalue weighted by Gasteiger charge is -2.32. The van der Waals surface area contributed by atoms with E-state index in [1.165, 1.54) is 11.1 Å². The first-order valence-corrected chi connectivity index (χ1v) is 12.5. The number of ether oxygens (including phenoxy) is 1. The fraction of sp³-hybridized carbons (Fsp3) is 0.310. The van der Waals surface area contributed by atoms with Crippen LogP contribution in [-0.2, 0) is 13.0 Å². The summed E-state index contributed by atoms with van der Waals surface area (Å²) in [5.41, 5.74) is 5.14. The molecule has 3 aromatic carbocycles. The lowest BCUT2D eigenvalue weighted by molar-refractivity contribution is 0.0939. The van der Waals surface area contributed by atoms with Crippen LogP contribution in [0.2, 0.25) is 0 Å². The molecule has 36 heavy (non-hydrogen) atoms. The highest BCUT2D eigenvalue weighted by molar-refractivity contribution is 6.04. The van der Waals surface area contributed by atoms with Gasteiger partial charge < -0.3 is 25.6 Å². The van der Waals surface area contributed by atoms with Gasteiger partial charge in [0.2, 0.25) is 0 Å². The maximum Gasteiger partial charge on any atom is 0.323 e. The van der Waals surface area contributed by atoms with Gasteiger partial charge in [0.15, 0.2) is 0 Å². The molecular formula is C29H34N4O3. The van der Waals surface area contributed by atoms with Crippen LogP contribution in [0, 0.1) is 0 Å². The monoisotopic (exact) mass is 486 g/mol. The Kier molecular flexibility index (Phi) is 8.10. The van der Waals surface area contributed by atoms with E-state index in [0.717, 1.165) is 31.6 Å². The van der Waals surface area contributed by atoms with Crippen LogP contribution in [0.25, 0.3) is 0 Å². The molecule has 1 aliphatic heterocycles. The van der Waals surface area contributed by atoms with Gasteiger partial charge >= 0.3 is 6.03 Å². The van der Waals surface area contributed by atoms with Gasteiger partial charge in [-0.25, -0.2) is 4.79 Å². The summed E-state index contributed by atoms with van der Waals surface area (Å²) in [5.74, 6) is 0.452. The number of carbonyl (C=O) groups is 2.